The van der Waals surface area contributed by atoms with Crippen molar-refractivity contribution in [2.45, 2.75) is 49.1 Å². The van der Waals surface area contributed by atoms with Crippen molar-refractivity contribution < 1.29 is 94.3 Å². The van der Waals surface area contributed by atoms with Gasteiger partial charge in [-0.25, -0.2) is 27.8 Å². The lowest BCUT2D eigenvalue weighted by atomic mass is 10.1. The molecule has 6 rings (SSSR count). The summed E-state index contributed by atoms with van der Waals surface area (Å²) in [7, 11) is -22.7. The molecule has 4 aromatic rings. The van der Waals surface area contributed by atoms with Gasteiger partial charge >= 0.3 is 36.9 Å². The molecule has 310 valence electrons. The molecule has 6 unspecified atom stereocenters. The summed E-state index contributed by atoms with van der Waals surface area (Å²) < 4.78 is 84.6. The molecule has 31 nitrogen and oxygen atoms in total. The van der Waals surface area contributed by atoms with Gasteiger partial charge in [0.25, 0.3) is 16.7 Å². The molecule has 0 amide bonds. The van der Waals surface area contributed by atoms with Crippen LogP contribution in [-0.4, -0.2) is 124 Å². The van der Waals surface area contributed by atoms with Crippen LogP contribution in [0.25, 0.3) is 22.3 Å². The summed E-state index contributed by atoms with van der Waals surface area (Å²) in [5.74, 6) is -0.648. The molecule has 56 heavy (non-hydrogen) atoms. The second-order valence-corrected chi connectivity index (χ2v) is 18.1. The maximum atomic E-state index is 12.5. The second-order valence-electron chi connectivity index (χ2n) is 11.8. The highest BCUT2D eigenvalue weighted by molar-refractivity contribution is 7.69. The van der Waals surface area contributed by atoms with E-state index >= 15 is 0 Å². The highest BCUT2D eigenvalue weighted by atomic mass is 31.3. The molecule has 2 aliphatic heterocycles. The molecule has 35 heteroatoms. The summed E-state index contributed by atoms with van der Waals surface area (Å²) in [6.07, 6.45) is -11.5. The Morgan fingerprint density at radius 1 is 0.732 bits per heavy atom. The lowest BCUT2D eigenvalue weighted by molar-refractivity contribution is -0.646. The highest BCUT2D eigenvalue weighted by Crippen LogP contribution is 2.71. The Morgan fingerprint density at radius 2 is 1.18 bits per heavy atom. The minimum absolute atomic E-state index is 0.0226. The van der Waals surface area contributed by atoms with Crippen molar-refractivity contribution >= 4 is 65.5 Å². The van der Waals surface area contributed by atoms with Gasteiger partial charge in [0.05, 0.1) is 26.6 Å². The van der Waals surface area contributed by atoms with E-state index in [1.54, 1.807) is 0 Å². The lowest BCUT2D eigenvalue weighted by Crippen LogP contribution is -2.34. The topological polar surface area (TPSA) is 465 Å². The van der Waals surface area contributed by atoms with Gasteiger partial charge in [-0.05, 0) is 0 Å². The quantitative estimate of drug-likeness (QED) is 0.0420. The van der Waals surface area contributed by atoms with Gasteiger partial charge in [0.1, 0.15) is 36.6 Å². The Hall–Kier alpha value is -3.38. The largest absolute Gasteiger partial charge is 0.490 e. The molecule has 6 heterocycles. The maximum absolute atomic E-state index is 12.5. The number of anilines is 2. The van der Waals surface area contributed by atoms with Crippen LogP contribution in [0, 0.1) is 0 Å². The predicted octanol–water partition coefficient (Wildman–Crippen LogP) is -4.43. The van der Waals surface area contributed by atoms with Crippen LogP contribution in [-0.2, 0) is 56.8 Å². The van der Waals surface area contributed by atoms with Crippen LogP contribution in [0.3, 0.4) is 0 Å². The first kappa shape index (κ1) is 42.2. The molecule has 0 spiro atoms. The number of nitrogens with two attached hydrogens (primary N) is 2. The van der Waals surface area contributed by atoms with Gasteiger partial charge in [0.15, 0.2) is 17.4 Å². The Labute approximate surface area is 308 Å². The fraction of sp³-hybridized carbons (Fsp3) is 0.524. The molecule has 0 bridgehead atoms. The number of phosphoric acid groups is 4. The van der Waals surface area contributed by atoms with E-state index in [2.05, 4.69) is 46.9 Å². The summed E-state index contributed by atoms with van der Waals surface area (Å²) in [5, 5.41) is 42.0. The number of aliphatic hydroxyl groups is 4. The zero-order valence-electron chi connectivity index (χ0n) is 27.7. The molecule has 0 aliphatic carbocycles. The molecule has 0 saturated carbocycles. The number of nitrogens with zero attached hydrogens (tertiary/aromatic N) is 6. The van der Waals surface area contributed by atoms with Crippen LogP contribution in [0.1, 0.15) is 12.5 Å². The normalized spacial score (nSPS) is 29.9. The van der Waals surface area contributed by atoms with Crippen LogP contribution < -0.4 is 27.2 Å². The van der Waals surface area contributed by atoms with E-state index in [0.29, 0.717) is 0 Å². The molecule has 0 radical (unpaired) electrons. The predicted molar refractivity (Wildman–Crippen MR) is 175 cm³/mol. The number of aryl methyl sites for hydroxylation is 1. The maximum Gasteiger partial charge on any atom is 0.490 e. The zero-order chi connectivity index (χ0) is 41.3. The SMILES string of the molecule is C[n+]1cn([C@@H]2O[C@H](COP(=O)(O)OP(=O)(O)OP(=O)(O)OP(=O)(O)OC[C@H]3O[C@@H](n4cnc5c(=O)[nH]c(N)nc54)[C@@H](O)C3O)C(O)[C@@H]2O)c2nc(N)[nH]c(=O)c21. The Morgan fingerprint density at radius 3 is 1.70 bits per heavy atom. The summed E-state index contributed by atoms with van der Waals surface area (Å²) in [5.41, 5.74) is 9.15. The lowest BCUT2D eigenvalue weighted by Gasteiger charge is -2.21. The van der Waals surface area contributed by atoms with Crippen molar-refractivity contribution in [3.8, 4) is 0 Å². The monoisotopic (exact) mass is 883 g/mol. The van der Waals surface area contributed by atoms with E-state index < -0.39 is 105 Å². The number of hydrogen-bond donors (Lipinski definition) is 12. The number of H-pyrrole nitrogens is 2. The third-order valence-electron chi connectivity index (χ3n) is 7.89. The molecule has 0 aromatic carbocycles. The second kappa shape index (κ2) is 15.1. The Kier molecular flexibility index (Phi) is 11.4. The van der Waals surface area contributed by atoms with E-state index in [1.807, 2.05) is 0 Å². The van der Waals surface area contributed by atoms with Crippen molar-refractivity contribution in [2.24, 2.45) is 7.05 Å². The van der Waals surface area contributed by atoms with Crippen LogP contribution in [0.4, 0.5) is 11.9 Å². The third kappa shape index (κ3) is 8.71. The summed E-state index contributed by atoms with van der Waals surface area (Å²) >= 11 is 0. The van der Waals surface area contributed by atoms with Gasteiger partial charge in [-0.3, -0.25) is 33.2 Å². The number of fused-ring (bicyclic) bond motifs is 2. The number of ether oxygens (including phenoxy) is 2. The van der Waals surface area contributed by atoms with E-state index in [0.717, 1.165) is 15.5 Å². The number of hydrogen-bond acceptors (Lipinski definition) is 22. The number of nitrogen functional groups attached to an aromatic ring is 2. The van der Waals surface area contributed by atoms with Gasteiger partial charge in [0.2, 0.25) is 24.5 Å². The minimum atomic E-state index is -6.25. The van der Waals surface area contributed by atoms with E-state index in [-0.39, 0.29) is 34.2 Å². The van der Waals surface area contributed by atoms with E-state index in [9.17, 15) is 67.8 Å². The smallest absolute Gasteiger partial charge is 0.387 e. The van der Waals surface area contributed by atoms with E-state index in [4.69, 9.17) is 20.9 Å². The number of phosphoric ester groups is 2. The van der Waals surface area contributed by atoms with Crippen molar-refractivity contribution in [1.29, 1.82) is 0 Å². The van der Waals surface area contributed by atoms with Crippen molar-refractivity contribution in [3.63, 3.8) is 0 Å². The average Bonchev–Trinajstić information content (AvgIpc) is 3.77. The molecule has 2 saturated heterocycles. The van der Waals surface area contributed by atoms with Crippen LogP contribution in [0.2, 0.25) is 0 Å². The number of nitrogens with one attached hydrogen (secondary N) is 2. The molecular weight excluding hydrogens is 852 g/mol. The van der Waals surface area contributed by atoms with Gasteiger partial charge in [-0.2, -0.15) is 27.5 Å². The minimum Gasteiger partial charge on any atom is -0.387 e. The fourth-order valence-electron chi connectivity index (χ4n) is 5.58. The van der Waals surface area contributed by atoms with Gasteiger partial charge in [-0.1, -0.05) is 0 Å². The Balaban J connectivity index is 1.03. The van der Waals surface area contributed by atoms with Crippen molar-refractivity contribution in [3.05, 3.63) is 33.4 Å². The molecule has 12 atom stereocenters. The summed E-state index contributed by atoms with van der Waals surface area (Å²) in [4.78, 5) is 80.2. The number of rotatable bonds is 14. The fourth-order valence-corrected chi connectivity index (χ4v) is 10.5. The van der Waals surface area contributed by atoms with Crippen LogP contribution in [0.15, 0.2) is 22.2 Å². The molecule has 2 fully saturated rings. The molecule has 2 aliphatic rings. The number of aliphatic hydroxyl groups excluding tert-OH is 4. The molecular formula is C21H31N10O21P4+. The van der Waals surface area contributed by atoms with Crippen LogP contribution in [0.5, 0.6) is 0 Å². The van der Waals surface area contributed by atoms with Crippen molar-refractivity contribution in [2.75, 3.05) is 24.7 Å². The van der Waals surface area contributed by atoms with E-state index in [1.165, 1.54) is 17.9 Å². The first-order chi connectivity index (χ1) is 25.9. The number of imidazole rings is 2. The molecule has 14 N–H and O–H groups in total. The zero-order valence-corrected chi connectivity index (χ0v) is 31.3. The van der Waals surface area contributed by atoms with Gasteiger partial charge in [0, 0.05) is 0 Å². The number of aromatic nitrogens is 8. The summed E-state index contributed by atoms with van der Waals surface area (Å²) in [6.45, 7) is -2.34. The third-order valence-corrected chi connectivity index (χ3v) is 13.8. The number of aromatic amines is 2. The Bertz CT molecular complexity index is 2470. The van der Waals surface area contributed by atoms with Gasteiger partial charge in [-0.15, -0.1) is 0 Å². The van der Waals surface area contributed by atoms with Crippen LogP contribution >= 0.6 is 31.3 Å². The van der Waals surface area contributed by atoms with Gasteiger partial charge < -0.3 is 60.9 Å². The highest BCUT2D eigenvalue weighted by Gasteiger charge is 2.51. The first-order valence-corrected chi connectivity index (χ1v) is 21.1. The van der Waals surface area contributed by atoms with Crippen molar-refractivity contribution in [1.82, 2.24) is 34.1 Å². The average molecular weight is 883 g/mol. The first-order valence-electron chi connectivity index (χ1n) is 15.1. The molecule has 4 aromatic heterocycles. The summed E-state index contributed by atoms with van der Waals surface area (Å²) in [6, 6.07) is 0. The standard InChI is InChI=1S/C21H30N10O21P4/c1-29-5-31(15-9(29)17(37)28-21(23)26-15)19-13(35)11(33)7(49-19)3-47-54(40,41)51-56(44,45)52-55(42,43)50-53(38,39)46-2-6-10(32)12(34)18(48-6)30-4-24-8-14(30)25-20(22)27-16(8)36/h4-7,10-13,18-19,32-35H,2-3H2,1H3,(H9-,22,23,25,26,27,28,36,37,38,39,40,41,42,43,44,45)/p+1/t6-,7-,10?,11?,12+,13+,18-,19-/m1/s1.